The summed E-state index contributed by atoms with van der Waals surface area (Å²) in [4.78, 5) is 13.1. The molecule has 0 fully saturated rings. The molecular formula is C9H9N3O2. The van der Waals surface area contributed by atoms with Crippen LogP contribution in [0.15, 0.2) is 33.6 Å². The molecule has 72 valence electrons. The number of aromatic nitrogens is 2. The van der Waals surface area contributed by atoms with Gasteiger partial charge in [0.25, 0.3) is 0 Å². The van der Waals surface area contributed by atoms with Crippen molar-refractivity contribution < 1.29 is 4.52 Å². The molecule has 0 radical (unpaired) electrons. The number of nitrogens with two attached hydrogens (primary N) is 1. The lowest BCUT2D eigenvalue weighted by Gasteiger charge is -1.97. The summed E-state index contributed by atoms with van der Waals surface area (Å²) in [6.07, 6.45) is 0.511. The maximum absolute atomic E-state index is 10.6. The molecule has 0 amide bonds. The van der Waals surface area contributed by atoms with Crippen molar-refractivity contribution in [1.82, 2.24) is 10.1 Å². The minimum Gasteiger partial charge on any atom is -0.399 e. The van der Waals surface area contributed by atoms with E-state index in [1.165, 1.54) is 0 Å². The number of nitrogens with one attached hydrogen (secondary N) is 1. The molecule has 0 spiro atoms. The summed E-state index contributed by atoms with van der Waals surface area (Å²) < 4.78 is 4.37. The fourth-order valence-corrected chi connectivity index (χ4v) is 1.23. The lowest BCUT2D eigenvalue weighted by atomic mass is 10.1. The Morgan fingerprint density at radius 2 is 2.36 bits per heavy atom. The summed E-state index contributed by atoms with van der Waals surface area (Å²) in [6.45, 7) is 0. The van der Waals surface area contributed by atoms with E-state index in [-0.39, 0.29) is 0 Å². The average Bonchev–Trinajstić information content (AvgIpc) is 2.51. The van der Waals surface area contributed by atoms with Gasteiger partial charge in [-0.25, -0.2) is 4.79 Å². The van der Waals surface area contributed by atoms with Gasteiger partial charge in [0, 0.05) is 12.1 Å². The number of nitrogens with zero attached hydrogens (tertiary/aromatic N) is 1. The topological polar surface area (TPSA) is 84.9 Å². The molecule has 3 N–H and O–H groups in total. The number of H-pyrrole nitrogens is 1. The van der Waals surface area contributed by atoms with Gasteiger partial charge >= 0.3 is 5.76 Å². The third-order valence-electron chi connectivity index (χ3n) is 1.81. The monoisotopic (exact) mass is 191 g/mol. The number of rotatable bonds is 2. The van der Waals surface area contributed by atoms with Crippen LogP contribution in [-0.2, 0) is 6.42 Å². The second-order valence-electron chi connectivity index (χ2n) is 2.96. The third-order valence-corrected chi connectivity index (χ3v) is 1.81. The van der Waals surface area contributed by atoms with Gasteiger partial charge in [-0.15, -0.1) is 0 Å². The van der Waals surface area contributed by atoms with Crippen LogP contribution in [0.25, 0.3) is 0 Å². The van der Waals surface area contributed by atoms with Crippen molar-refractivity contribution in [3.63, 3.8) is 0 Å². The van der Waals surface area contributed by atoms with E-state index >= 15 is 0 Å². The minimum absolute atomic E-state index is 0.501. The molecule has 0 aliphatic rings. The normalized spacial score (nSPS) is 10.3. The summed E-state index contributed by atoms with van der Waals surface area (Å²) in [5.41, 5.74) is 7.27. The Hall–Kier alpha value is -2.04. The minimum atomic E-state index is -0.538. The van der Waals surface area contributed by atoms with Gasteiger partial charge in [0.15, 0.2) is 5.82 Å². The number of hydrogen-bond acceptors (Lipinski definition) is 4. The van der Waals surface area contributed by atoms with Crippen LogP contribution in [0.3, 0.4) is 0 Å². The lowest BCUT2D eigenvalue weighted by molar-refractivity contribution is 0.382. The van der Waals surface area contributed by atoms with Gasteiger partial charge < -0.3 is 5.73 Å². The second-order valence-corrected chi connectivity index (χ2v) is 2.96. The summed E-state index contributed by atoms with van der Waals surface area (Å²) >= 11 is 0. The first-order valence-electron chi connectivity index (χ1n) is 4.13. The Balaban J connectivity index is 2.22. The zero-order valence-corrected chi connectivity index (χ0v) is 7.36. The molecule has 1 aromatic carbocycles. The molecule has 0 atom stereocenters. The molecule has 0 saturated heterocycles. The highest BCUT2D eigenvalue weighted by Gasteiger charge is 2.01. The van der Waals surface area contributed by atoms with Crippen LogP contribution in [0.5, 0.6) is 0 Å². The predicted octanol–water partition coefficient (Wildman–Crippen LogP) is 0.536. The van der Waals surface area contributed by atoms with E-state index in [0.717, 1.165) is 5.56 Å². The van der Waals surface area contributed by atoms with E-state index < -0.39 is 5.76 Å². The van der Waals surface area contributed by atoms with Gasteiger partial charge in [0.2, 0.25) is 0 Å². The van der Waals surface area contributed by atoms with Gasteiger partial charge in [0.1, 0.15) is 0 Å². The van der Waals surface area contributed by atoms with Crippen LogP contribution < -0.4 is 11.5 Å². The van der Waals surface area contributed by atoms with E-state index in [0.29, 0.717) is 17.9 Å². The number of nitrogen functional groups attached to an aromatic ring is 1. The van der Waals surface area contributed by atoms with E-state index in [2.05, 4.69) is 14.7 Å². The zero-order valence-electron chi connectivity index (χ0n) is 7.36. The molecule has 0 aliphatic heterocycles. The predicted molar refractivity (Wildman–Crippen MR) is 50.8 cm³/mol. The number of hydrogen-bond donors (Lipinski definition) is 2. The Bertz CT molecular complexity index is 487. The quantitative estimate of drug-likeness (QED) is 0.678. The van der Waals surface area contributed by atoms with E-state index in [4.69, 9.17) is 5.73 Å². The average molecular weight is 191 g/mol. The third kappa shape index (κ3) is 1.82. The molecule has 5 heteroatoms. The van der Waals surface area contributed by atoms with Crippen molar-refractivity contribution in [3.05, 3.63) is 46.2 Å². The van der Waals surface area contributed by atoms with Crippen molar-refractivity contribution in [2.45, 2.75) is 6.42 Å². The van der Waals surface area contributed by atoms with Crippen molar-refractivity contribution in [1.29, 1.82) is 0 Å². The molecule has 0 bridgehead atoms. The summed E-state index contributed by atoms with van der Waals surface area (Å²) in [5.74, 6) is -0.0375. The first-order valence-corrected chi connectivity index (χ1v) is 4.13. The van der Waals surface area contributed by atoms with Crippen LogP contribution in [0.4, 0.5) is 5.69 Å². The molecule has 14 heavy (non-hydrogen) atoms. The van der Waals surface area contributed by atoms with Crippen LogP contribution >= 0.6 is 0 Å². The Morgan fingerprint density at radius 1 is 1.50 bits per heavy atom. The largest absolute Gasteiger partial charge is 0.438 e. The molecule has 5 nitrogen and oxygen atoms in total. The first kappa shape index (κ1) is 8.55. The van der Waals surface area contributed by atoms with Crippen molar-refractivity contribution in [2.24, 2.45) is 0 Å². The summed E-state index contributed by atoms with van der Waals surface area (Å²) in [7, 11) is 0. The first-order chi connectivity index (χ1) is 6.74. The maximum atomic E-state index is 10.6. The molecule has 2 aromatic rings. The second kappa shape index (κ2) is 3.37. The fourth-order valence-electron chi connectivity index (χ4n) is 1.23. The van der Waals surface area contributed by atoms with Gasteiger partial charge in [-0.2, -0.15) is 0 Å². The molecule has 0 unspecified atom stereocenters. The molecule has 1 aromatic heterocycles. The molecule has 0 saturated carbocycles. The molecule has 2 rings (SSSR count). The van der Waals surface area contributed by atoms with Crippen molar-refractivity contribution >= 4 is 5.69 Å². The molecular weight excluding hydrogens is 182 g/mol. The summed E-state index contributed by atoms with van der Waals surface area (Å²) in [6, 6.07) is 7.38. The van der Waals surface area contributed by atoms with E-state index in [1.54, 1.807) is 6.07 Å². The van der Waals surface area contributed by atoms with Crippen molar-refractivity contribution in [3.8, 4) is 0 Å². The van der Waals surface area contributed by atoms with Gasteiger partial charge in [-0.05, 0) is 17.7 Å². The highest BCUT2D eigenvalue weighted by atomic mass is 16.5. The van der Waals surface area contributed by atoms with Crippen LogP contribution in [0, 0.1) is 0 Å². The molecule has 0 aliphatic carbocycles. The SMILES string of the molecule is Nc1cccc(Cc2noc(=O)[nH]2)c1. The Kier molecular flexibility index (Phi) is 2.06. The fraction of sp³-hybridized carbons (Fsp3) is 0.111. The van der Waals surface area contributed by atoms with E-state index in [9.17, 15) is 4.79 Å². The van der Waals surface area contributed by atoms with Gasteiger partial charge in [0.05, 0.1) is 0 Å². The highest BCUT2D eigenvalue weighted by molar-refractivity contribution is 5.41. The molecule has 1 heterocycles. The maximum Gasteiger partial charge on any atom is 0.438 e. The van der Waals surface area contributed by atoms with Gasteiger partial charge in [-0.1, -0.05) is 17.3 Å². The van der Waals surface area contributed by atoms with Crippen LogP contribution in [0.1, 0.15) is 11.4 Å². The lowest BCUT2D eigenvalue weighted by Crippen LogP contribution is -1.98. The standard InChI is InChI=1S/C9H9N3O2/c10-7-3-1-2-6(4-7)5-8-11-9(13)14-12-8/h1-4H,5,10H2,(H,11,12,13). The summed E-state index contributed by atoms with van der Waals surface area (Å²) in [5, 5.41) is 3.56. The smallest absolute Gasteiger partial charge is 0.399 e. The highest BCUT2D eigenvalue weighted by Crippen LogP contribution is 2.08. The Labute approximate surface area is 79.5 Å². The zero-order chi connectivity index (χ0) is 9.97. The van der Waals surface area contributed by atoms with Crippen LogP contribution in [-0.4, -0.2) is 10.1 Å². The number of anilines is 1. The van der Waals surface area contributed by atoms with E-state index in [1.807, 2.05) is 18.2 Å². The Morgan fingerprint density at radius 3 is 3.00 bits per heavy atom. The number of aromatic amines is 1. The number of benzene rings is 1. The van der Waals surface area contributed by atoms with Crippen LogP contribution in [0.2, 0.25) is 0 Å². The van der Waals surface area contributed by atoms with Gasteiger partial charge in [-0.3, -0.25) is 9.51 Å². The van der Waals surface area contributed by atoms with Crippen molar-refractivity contribution in [2.75, 3.05) is 5.73 Å².